The van der Waals surface area contributed by atoms with Crippen molar-refractivity contribution in [3.63, 3.8) is 0 Å². The Balaban J connectivity index is 2.07. The highest BCUT2D eigenvalue weighted by Gasteiger charge is 2.39. The van der Waals surface area contributed by atoms with E-state index in [9.17, 15) is 4.39 Å². The second-order valence-electron chi connectivity index (χ2n) is 4.73. The van der Waals surface area contributed by atoms with Crippen molar-refractivity contribution in [3.8, 4) is 0 Å². The zero-order valence-electron chi connectivity index (χ0n) is 9.75. The van der Waals surface area contributed by atoms with Gasteiger partial charge in [-0.05, 0) is 32.4 Å². The maximum absolute atomic E-state index is 13.5. The molecule has 2 rings (SSSR count). The first-order valence-electron chi connectivity index (χ1n) is 5.83. The Kier molecular flexibility index (Phi) is 3.26. The number of likely N-dealkylation sites (N-methyl/N-ethyl adjacent to an activating group) is 1. The standard InChI is InChI=1S/C13H19FN2/c1-16(13(10-15)7-4-8-13)9-11-5-2-3-6-12(11)14/h2-3,5-6H,4,7-10,15H2,1H3. The van der Waals surface area contributed by atoms with Crippen LogP contribution in [0.3, 0.4) is 0 Å². The second kappa shape index (κ2) is 4.52. The zero-order chi connectivity index (χ0) is 11.6. The van der Waals surface area contributed by atoms with Crippen LogP contribution in [0.15, 0.2) is 24.3 Å². The van der Waals surface area contributed by atoms with E-state index < -0.39 is 0 Å². The van der Waals surface area contributed by atoms with Crippen LogP contribution in [0.25, 0.3) is 0 Å². The molecule has 1 aromatic rings. The molecule has 0 radical (unpaired) electrons. The minimum Gasteiger partial charge on any atom is -0.329 e. The smallest absolute Gasteiger partial charge is 0.127 e. The monoisotopic (exact) mass is 222 g/mol. The molecular formula is C13H19FN2. The Morgan fingerprint density at radius 1 is 1.38 bits per heavy atom. The number of nitrogens with two attached hydrogens (primary N) is 1. The summed E-state index contributed by atoms with van der Waals surface area (Å²) in [6, 6.07) is 6.96. The molecule has 0 atom stereocenters. The van der Waals surface area contributed by atoms with Gasteiger partial charge < -0.3 is 5.73 Å². The molecule has 1 aliphatic carbocycles. The summed E-state index contributed by atoms with van der Waals surface area (Å²) in [7, 11) is 2.04. The van der Waals surface area contributed by atoms with Gasteiger partial charge in [0.2, 0.25) is 0 Å². The summed E-state index contributed by atoms with van der Waals surface area (Å²) in [6.07, 6.45) is 3.50. The third kappa shape index (κ3) is 1.97. The molecular weight excluding hydrogens is 203 g/mol. The Morgan fingerprint density at radius 3 is 2.56 bits per heavy atom. The van der Waals surface area contributed by atoms with E-state index in [2.05, 4.69) is 4.90 Å². The quantitative estimate of drug-likeness (QED) is 0.845. The highest BCUT2D eigenvalue weighted by Crippen LogP contribution is 2.36. The van der Waals surface area contributed by atoms with E-state index >= 15 is 0 Å². The van der Waals surface area contributed by atoms with E-state index in [1.54, 1.807) is 6.07 Å². The zero-order valence-corrected chi connectivity index (χ0v) is 9.75. The maximum atomic E-state index is 13.5. The molecule has 0 aliphatic heterocycles. The van der Waals surface area contributed by atoms with Crippen LogP contribution >= 0.6 is 0 Å². The lowest BCUT2D eigenvalue weighted by atomic mass is 9.75. The van der Waals surface area contributed by atoms with Gasteiger partial charge in [-0.3, -0.25) is 4.90 Å². The molecule has 0 saturated heterocycles. The van der Waals surface area contributed by atoms with Gasteiger partial charge in [0, 0.05) is 24.2 Å². The number of halogens is 1. The first-order valence-corrected chi connectivity index (χ1v) is 5.83. The maximum Gasteiger partial charge on any atom is 0.127 e. The van der Waals surface area contributed by atoms with Crippen molar-refractivity contribution < 1.29 is 4.39 Å². The summed E-state index contributed by atoms with van der Waals surface area (Å²) >= 11 is 0. The van der Waals surface area contributed by atoms with E-state index in [4.69, 9.17) is 5.73 Å². The van der Waals surface area contributed by atoms with Gasteiger partial charge >= 0.3 is 0 Å². The normalized spacial score (nSPS) is 18.5. The SMILES string of the molecule is CN(Cc1ccccc1F)C1(CN)CCC1. The lowest BCUT2D eigenvalue weighted by molar-refractivity contribution is 0.0391. The Morgan fingerprint density at radius 2 is 2.06 bits per heavy atom. The van der Waals surface area contributed by atoms with E-state index in [0.717, 1.165) is 18.4 Å². The number of hydrogen-bond acceptors (Lipinski definition) is 2. The molecule has 0 amide bonds. The molecule has 0 aromatic heterocycles. The molecule has 1 aliphatic rings. The molecule has 1 aromatic carbocycles. The second-order valence-corrected chi connectivity index (χ2v) is 4.73. The fourth-order valence-electron chi connectivity index (χ4n) is 2.38. The topological polar surface area (TPSA) is 29.3 Å². The molecule has 1 saturated carbocycles. The fourth-order valence-corrected chi connectivity index (χ4v) is 2.38. The Labute approximate surface area is 96.2 Å². The molecule has 16 heavy (non-hydrogen) atoms. The van der Waals surface area contributed by atoms with Crippen molar-refractivity contribution >= 4 is 0 Å². The molecule has 0 heterocycles. The minimum absolute atomic E-state index is 0.113. The third-order valence-electron chi connectivity index (χ3n) is 3.84. The Hall–Kier alpha value is -0.930. The summed E-state index contributed by atoms with van der Waals surface area (Å²) < 4.78 is 13.5. The van der Waals surface area contributed by atoms with Crippen molar-refractivity contribution in [2.45, 2.75) is 31.3 Å². The van der Waals surface area contributed by atoms with Crippen LogP contribution in [0.5, 0.6) is 0 Å². The molecule has 3 heteroatoms. The van der Waals surface area contributed by atoms with E-state index in [-0.39, 0.29) is 11.4 Å². The van der Waals surface area contributed by atoms with Crippen LogP contribution in [-0.4, -0.2) is 24.0 Å². The number of hydrogen-bond donors (Lipinski definition) is 1. The number of rotatable bonds is 4. The molecule has 1 fully saturated rings. The third-order valence-corrected chi connectivity index (χ3v) is 3.84. The highest BCUT2D eigenvalue weighted by molar-refractivity contribution is 5.17. The lowest BCUT2D eigenvalue weighted by Crippen LogP contribution is -2.56. The average Bonchev–Trinajstić information content (AvgIpc) is 2.21. The van der Waals surface area contributed by atoms with Gasteiger partial charge in [-0.2, -0.15) is 0 Å². The van der Waals surface area contributed by atoms with Crippen molar-refractivity contribution in [1.82, 2.24) is 4.90 Å². The van der Waals surface area contributed by atoms with Crippen molar-refractivity contribution in [3.05, 3.63) is 35.6 Å². The largest absolute Gasteiger partial charge is 0.329 e. The molecule has 0 bridgehead atoms. The highest BCUT2D eigenvalue weighted by atomic mass is 19.1. The van der Waals surface area contributed by atoms with Gasteiger partial charge in [0.05, 0.1) is 0 Å². The van der Waals surface area contributed by atoms with E-state index in [0.29, 0.717) is 13.1 Å². The van der Waals surface area contributed by atoms with Gasteiger partial charge in [-0.1, -0.05) is 18.2 Å². The van der Waals surface area contributed by atoms with Gasteiger partial charge in [-0.15, -0.1) is 0 Å². The molecule has 2 N–H and O–H groups in total. The van der Waals surface area contributed by atoms with Gasteiger partial charge in [-0.25, -0.2) is 4.39 Å². The summed E-state index contributed by atoms with van der Waals surface area (Å²) in [5.74, 6) is -0.124. The van der Waals surface area contributed by atoms with Crippen LogP contribution in [0.4, 0.5) is 4.39 Å². The van der Waals surface area contributed by atoms with Gasteiger partial charge in [0.1, 0.15) is 5.82 Å². The van der Waals surface area contributed by atoms with Gasteiger partial charge in [0.15, 0.2) is 0 Å². The molecule has 0 unspecified atom stereocenters. The number of nitrogens with zero attached hydrogens (tertiary/aromatic N) is 1. The first kappa shape index (κ1) is 11.6. The van der Waals surface area contributed by atoms with Crippen molar-refractivity contribution in [2.24, 2.45) is 5.73 Å². The first-order chi connectivity index (χ1) is 7.68. The van der Waals surface area contributed by atoms with Crippen LogP contribution < -0.4 is 5.73 Å². The summed E-state index contributed by atoms with van der Waals surface area (Å²) in [4.78, 5) is 2.20. The summed E-state index contributed by atoms with van der Waals surface area (Å²) in [5, 5.41) is 0. The van der Waals surface area contributed by atoms with Crippen LogP contribution in [0, 0.1) is 5.82 Å². The summed E-state index contributed by atoms with van der Waals surface area (Å²) in [6.45, 7) is 1.31. The minimum atomic E-state index is -0.124. The fraction of sp³-hybridized carbons (Fsp3) is 0.538. The molecule has 2 nitrogen and oxygen atoms in total. The average molecular weight is 222 g/mol. The van der Waals surface area contributed by atoms with Gasteiger partial charge in [0.25, 0.3) is 0 Å². The van der Waals surface area contributed by atoms with E-state index in [1.165, 1.54) is 12.5 Å². The molecule has 88 valence electrons. The predicted molar refractivity (Wildman–Crippen MR) is 63.5 cm³/mol. The van der Waals surface area contributed by atoms with Crippen LogP contribution in [0.2, 0.25) is 0 Å². The van der Waals surface area contributed by atoms with Crippen molar-refractivity contribution in [1.29, 1.82) is 0 Å². The number of benzene rings is 1. The van der Waals surface area contributed by atoms with Crippen molar-refractivity contribution in [2.75, 3.05) is 13.6 Å². The lowest BCUT2D eigenvalue weighted by Gasteiger charge is -2.48. The predicted octanol–water partition coefficient (Wildman–Crippen LogP) is 2.14. The molecule has 0 spiro atoms. The summed E-state index contributed by atoms with van der Waals surface area (Å²) in [5.41, 5.74) is 6.69. The van der Waals surface area contributed by atoms with Crippen LogP contribution in [-0.2, 0) is 6.54 Å². The Bertz CT molecular complexity index is 355. The van der Waals surface area contributed by atoms with E-state index in [1.807, 2.05) is 19.2 Å². The van der Waals surface area contributed by atoms with Crippen LogP contribution in [0.1, 0.15) is 24.8 Å².